The van der Waals surface area contributed by atoms with Crippen LogP contribution in [0, 0.1) is 5.92 Å². The molecule has 2 rings (SSSR count). The van der Waals surface area contributed by atoms with Gasteiger partial charge in [0.2, 0.25) is 0 Å². The van der Waals surface area contributed by atoms with Crippen molar-refractivity contribution in [2.24, 2.45) is 5.92 Å². The van der Waals surface area contributed by atoms with E-state index in [9.17, 15) is 9.59 Å². The van der Waals surface area contributed by atoms with Crippen molar-refractivity contribution in [1.82, 2.24) is 10.2 Å². The number of likely N-dealkylation sites (tertiary alicyclic amines) is 1. The van der Waals surface area contributed by atoms with Gasteiger partial charge in [0.1, 0.15) is 0 Å². The van der Waals surface area contributed by atoms with Gasteiger partial charge >= 0.3 is 5.97 Å². The molecule has 0 aromatic heterocycles. The number of hydrogen-bond donors (Lipinski definition) is 2. The third-order valence-electron chi connectivity index (χ3n) is 3.44. The van der Waals surface area contributed by atoms with Gasteiger partial charge in [-0.3, -0.25) is 14.5 Å². The zero-order chi connectivity index (χ0) is 13.7. The smallest absolute Gasteiger partial charge is 0.306 e. The number of amides is 1. The van der Waals surface area contributed by atoms with Gasteiger partial charge in [-0.25, -0.2) is 0 Å². The minimum absolute atomic E-state index is 0.0963. The molecule has 1 aliphatic rings. The number of carboxylic acid groups (broad SMARTS) is 1. The molecule has 0 atom stereocenters. The van der Waals surface area contributed by atoms with Crippen molar-refractivity contribution in [1.29, 1.82) is 0 Å². The second kappa shape index (κ2) is 6.33. The van der Waals surface area contributed by atoms with Crippen LogP contribution in [-0.4, -0.2) is 41.6 Å². The number of nitrogens with zero attached hydrogens (tertiary/aromatic N) is 1. The predicted octanol–water partition coefficient (Wildman–Crippen LogP) is 1.17. The van der Waals surface area contributed by atoms with E-state index < -0.39 is 5.97 Å². The van der Waals surface area contributed by atoms with Crippen LogP contribution in [0.15, 0.2) is 30.3 Å². The Balaban J connectivity index is 1.75. The Bertz CT molecular complexity index is 439. The van der Waals surface area contributed by atoms with Crippen LogP contribution in [0.3, 0.4) is 0 Å². The minimum Gasteiger partial charge on any atom is -0.481 e. The molecule has 0 radical (unpaired) electrons. The van der Waals surface area contributed by atoms with E-state index in [0.717, 1.165) is 0 Å². The molecule has 1 aromatic rings. The standard InChI is InChI=1S/C14H18N2O3/c17-13(11-4-2-1-3-5-11)15-10-16-8-6-12(7-9-16)14(18)19/h1-5,12H,6-10H2,(H,15,17)(H,18,19). The zero-order valence-electron chi connectivity index (χ0n) is 10.7. The highest BCUT2D eigenvalue weighted by molar-refractivity contribution is 5.94. The Morgan fingerprint density at radius 1 is 1.21 bits per heavy atom. The maximum atomic E-state index is 11.8. The first-order valence-corrected chi connectivity index (χ1v) is 6.45. The molecule has 0 bridgehead atoms. The van der Waals surface area contributed by atoms with Gasteiger partial charge in [0.25, 0.3) is 5.91 Å². The summed E-state index contributed by atoms with van der Waals surface area (Å²) in [5, 5.41) is 11.8. The summed E-state index contributed by atoms with van der Waals surface area (Å²) in [6, 6.07) is 9.06. The van der Waals surface area contributed by atoms with E-state index >= 15 is 0 Å². The summed E-state index contributed by atoms with van der Waals surface area (Å²) in [6.45, 7) is 1.90. The van der Waals surface area contributed by atoms with Crippen LogP contribution in [0.5, 0.6) is 0 Å². The number of carboxylic acids is 1. The van der Waals surface area contributed by atoms with Crippen LogP contribution < -0.4 is 5.32 Å². The van der Waals surface area contributed by atoms with E-state index in [1.54, 1.807) is 12.1 Å². The summed E-state index contributed by atoms with van der Waals surface area (Å²) in [4.78, 5) is 24.7. The van der Waals surface area contributed by atoms with Gasteiger partial charge in [-0.15, -0.1) is 0 Å². The first-order valence-electron chi connectivity index (χ1n) is 6.45. The number of rotatable bonds is 4. The topological polar surface area (TPSA) is 69.6 Å². The lowest BCUT2D eigenvalue weighted by molar-refractivity contribution is -0.143. The fourth-order valence-electron chi connectivity index (χ4n) is 2.21. The van der Waals surface area contributed by atoms with Gasteiger partial charge in [0.05, 0.1) is 12.6 Å². The molecule has 0 spiro atoms. The van der Waals surface area contributed by atoms with Crippen molar-refractivity contribution in [2.45, 2.75) is 12.8 Å². The summed E-state index contributed by atoms with van der Waals surface area (Å²) < 4.78 is 0. The first kappa shape index (κ1) is 13.5. The molecule has 1 amide bonds. The molecule has 102 valence electrons. The van der Waals surface area contributed by atoms with Gasteiger partial charge in [0, 0.05) is 18.7 Å². The van der Waals surface area contributed by atoms with E-state index in [1.165, 1.54) is 0 Å². The van der Waals surface area contributed by atoms with E-state index in [2.05, 4.69) is 10.2 Å². The third-order valence-corrected chi connectivity index (χ3v) is 3.44. The maximum absolute atomic E-state index is 11.8. The number of benzene rings is 1. The second-order valence-corrected chi connectivity index (χ2v) is 4.76. The van der Waals surface area contributed by atoms with E-state index in [1.807, 2.05) is 18.2 Å². The Morgan fingerprint density at radius 2 is 1.84 bits per heavy atom. The average Bonchev–Trinajstić information content (AvgIpc) is 2.46. The SMILES string of the molecule is O=C(NCN1CCC(C(=O)O)CC1)c1ccccc1. The number of aliphatic carboxylic acids is 1. The average molecular weight is 262 g/mol. The molecule has 1 fully saturated rings. The molecule has 1 saturated heterocycles. The van der Waals surface area contributed by atoms with Crippen molar-refractivity contribution in [3.8, 4) is 0 Å². The minimum atomic E-state index is -0.715. The van der Waals surface area contributed by atoms with Crippen LogP contribution in [-0.2, 0) is 4.79 Å². The van der Waals surface area contributed by atoms with Gasteiger partial charge < -0.3 is 10.4 Å². The molecule has 5 nitrogen and oxygen atoms in total. The first-order chi connectivity index (χ1) is 9.16. The highest BCUT2D eigenvalue weighted by Crippen LogP contribution is 2.16. The second-order valence-electron chi connectivity index (χ2n) is 4.76. The summed E-state index contributed by atoms with van der Waals surface area (Å²) in [5.41, 5.74) is 0.642. The highest BCUT2D eigenvalue weighted by atomic mass is 16.4. The van der Waals surface area contributed by atoms with Crippen molar-refractivity contribution in [2.75, 3.05) is 19.8 Å². The fraction of sp³-hybridized carbons (Fsp3) is 0.429. The Labute approximate surface area is 112 Å². The Hall–Kier alpha value is -1.88. The zero-order valence-corrected chi connectivity index (χ0v) is 10.7. The Kier molecular flexibility index (Phi) is 4.52. The lowest BCUT2D eigenvalue weighted by atomic mass is 9.97. The summed E-state index contributed by atoms with van der Waals surface area (Å²) >= 11 is 0. The summed E-state index contributed by atoms with van der Waals surface area (Å²) in [7, 11) is 0. The highest BCUT2D eigenvalue weighted by Gasteiger charge is 2.24. The van der Waals surface area contributed by atoms with E-state index in [-0.39, 0.29) is 11.8 Å². The van der Waals surface area contributed by atoms with Gasteiger partial charge in [-0.2, -0.15) is 0 Å². The molecule has 0 unspecified atom stereocenters. The van der Waals surface area contributed by atoms with Crippen LogP contribution in [0.4, 0.5) is 0 Å². The molecular formula is C14H18N2O3. The quantitative estimate of drug-likeness (QED) is 0.854. The molecule has 1 aromatic carbocycles. The van der Waals surface area contributed by atoms with Gasteiger partial charge in [-0.1, -0.05) is 18.2 Å². The Morgan fingerprint density at radius 3 is 2.42 bits per heavy atom. The monoisotopic (exact) mass is 262 g/mol. The van der Waals surface area contributed by atoms with Crippen molar-refractivity contribution in [3.63, 3.8) is 0 Å². The van der Waals surface area contributed by atoms with Crippen LogP contribution in [0.1, 0.15) is 23.2 Å². The van der Waals surface area contributed by atoms with Crippen LogP contribution in [0.2, 0.25) is 0 Å². The summed E-state index contributed by atoms with van der Waals surface area (Å²) in [5.74, 6) is -1.05. The van der Waals surface area contributed by atoms with Crippen molar-refractivity contribution < 1.29 is 14.7 Å². The number of piperidine rings is 1. The number of carbonyl (C=O) groups is 2. The van der Waals surface area contributed by atoms with Crippen LogP contribution >= 0.6 is 0 Å². The molecule has 1 heterocycles. The van der Waals surface area contributed by atoms with E-state index in [0.29, 0.717) is 38.2 Å². The van der Waals surface area contributed by atoms with Crippen molar-refractivity contribution in [3.05, 3.63) is 35.9 Å². The van der Waals surface area contributed by atoms with E-state index in [4.69, 9.17) is 5.11 Å². The lowest BCUT2D eigenvalue weighted by Gasteiger charge is -2.29. The molecule has 1 aliphatic heterocycles. The molecule has 2 N–H and O–H groups in total. The van der Waals surface area contributed by atoms with Gasteiger partial charge in [-0.05, 0) is 25.0 Å². The van der Waals surface area contributed by atoms with Crippen molar-refractivity contribution >= 4 is 11.9 Å². The largest absolute Gasteiger partial charge is 0.481 e. The van der Waals surface area contributed by atoms with Crippen LogP contribution in [0.25, 0.3) is 0 Å². The number of nitrogens with one attached hydrogen (secondary N) is 1. The molecule has 5 heteroatoms. The predicted molar refractivity (Wildman–Crippen MR) is 70.7 cm³/mol. The maximum Gasteiger partial charge on any atom is 0.306 e. The number of carbonyl (C=O) groups excluding carboxylic acids is 1. The molecular weight excluding hydrogens is 244 g/mol. The number of hydrogen-bond acceptors (Lipinski definition) is 3. The lowest BCUT2D eigenvalue weighted by Crippen LogP contribution is -2.43. The molecule has 19 heavy (non-hydrogen) atoms. The third kappa shape index (κ3) is 3.79. The normalized spacial score (nSPS) is 17.1. The molecule has 0 saturated carbocycles. The van der Waals surface area contributed by atoms with Gasteiger partial charge in [0.15, 0.2) is 0 Å². The molecule has 0 aliphatic carbocycles. The fourth-order valence-corrected chi connectivity index (χ4v) is 2.21. The summed E-state index contributed by atoms with van der Waals surface area (Å²) in [6.07, 6.45) is 1.30.